The van der Waals surface area contributed by atoms with E-state index in [4.69, 9.17) is 10.2 Å². The summed E-state index contributed by atoms with van der Waals surface area (Å²) in [6.45, 7) is 1.65. The third kappa shape index (κ3) is 4.04. The van der Waals surface area contributed by atoms with Crippen LogP contribution in [-0.4, -0.2) is 25.5 Å². The number of aliphatic carboxylic acids is 1. The van der Waals surface area contributed by atoms with Gasteiger partial charge in [-0.1, -0.05) is 12.1 Å². The summed E-state index contributed by atoms with van der Waals surface area (Å²) in [6.07, 6.45) is -0.112. The van der Waals surface area contributed by atoms with Crippen LogP contribution < -0.4 is 10.5 Å². The average Bonchev–Trinajstić information content (AvgIpc) is 2.15. The van der Waals surface area contributed by atoms with Gasteiger partial charge in [-0.2, -0.15) is 0 Å². The van der Waals surface area contributed by atoms with E-state index in [1.165, 1.54) is 12.1 Å². The van der Waals surface area contributed by atoms with Crippen molar-refractivity contribution in [2.45, 2.75) is 24.3 Å². The molecule has 0 aliphatic rings. The normalized spacial score (nSPS) is 13.1. The van der Waals surface area contributed by atoms with Gasteiger partial charge in [-0.15, -0.1) is 0 Å². The number of nitrogens with two attached hydrogens (primary N) is 1. The molecule has 17 heavy (non-hydrogen) atoms. The third-order valence-electron chi connectivity index (χ3n) is 2.08. The fourth-order valence-corrected chi connectivity index (χ4v) is 2.11. The minimum atomic E-state index is -3.82. The van der Waals surface area contributed by atoms with Crippen molar-refractivity contribution in [2.75, 3.05) is 5.32 Å². The molecule has 1 atom stereocenters. The van der Waals surface area contributed by atoms with E-state index < -0.39 is 22.0 Å². The summed E-state index contributed by atoms with van der Waals surface area (Å²) >= 11 is 0. The molecule has 0 saturated heterocycles. The van der Waals surface area contributed by atoms with Crippen molar-refractivity contribution in [2.24, 2.45) is 5.14 Å². The Hall–Kier alpha value is -1.60. The van der Waals surface area contributed by atoms with Crippen LogP contribution in [0.2, 0.25) is 0 Å². The second-order valence-electron chi connectivity index (χ2n) is 3.68. The molecule has 0 saturated carbocycles. The Kier molecular flexibility index (Phi) is 4.08. The SMILES string of the molecule is CC(CC(=O)O)Nc1ccccc1S(N)(=O)=O. The molecule has 7 heteroatoms. The topological polar surface area (TPSA) is 109 Å². The van der Waals surface area contributed by atoms with Crippen LogP contribution in [0.25, 0.3) is 0 Å². The van der Waals surface area contributed by atoms with E-state index in [1.54, 1.807) is 19.1 Å². The van der Waals surface area contributed by atoms with Crippen LogP contribution in [0.15, 0.2) is 29.2 Å². The van der Waals surface area contributed by atoms with Crippen molar-refractivity contribution < 1.29 is 18.3 Å². The minimum absolute atomic E-state index is 0.0442. The Bertz CT molecular complexity index is 513. The van der Waals surface area contributed by atoms with E-state index in [0.717, 1.165) is 0 Å². The summed E-state index contributed by atoms with van der Waals surface area (Å²) in [7, 11) is -3.82. The van der Waals surface area contributed by atoms with Gasteiger partial charge in [0.15, 0.2) is 0 Å². The maximum absolute atomic E-state index is 11.3. The molecule has 0 aliphatic heterocycles. The first-order valence-corrected chi connectivity index (χ1v) is 6.45. The van der Waals surface area contributed by atoms with Gasteiger partial charge >= 0.3 is 5.97 Å². The lowest BCUT2D eigenvalue weighted by Crippen LogP contribution is -2.22. The quantitative estimate of drug-likeness (QED) is 0.716. The molecule has 94 valence electrons. The standard InChI is InChI=1S/C10H14N2O4S/c1-7(6-10(13)14)12-8-4-2-3-5-9(8)17(11,15)16/h2-5,7,12H,6H2,1H3,(H,13,14)(H2,11,15,16). The predicted octanol–water partition coefficient (Wildman–Crippen LogP) is 0.609. The molecule has 1 unspecified atom stereocenters. The van der Waals surface area contributed by atoms with Gasteiger partial charge in [0.05, 0.1) is 12.1 Å². The zero-order valence-electron chi connectivity index (χ0n) is 9.25. The summed E-state index contributed by atoms with van der Waals surface area (Å²) in [5.41, 5.74) is 0.309. The molecule has 0 fully saturated rings. The lowest BCUT2D eigenvalue weighted by atomic mass is 10.2. The molecule has 0 aliphatic carbocycles. The van der Waals surface area contributed by atoms with Gasteiger partial charge in [0.1, 0.15) is 4.90 Å². The number of nitrogens with one attached hydrogen (secondary N) is 1. The van der Waals surface area contributed by atoms with Gasteiger partial charge < -0.3 is 10.4 Å². The number of anilines is 1. The second-order valence-corrected chi connectivity index (χ2v) is 5.21. The number of rotatable bonds is 5. The van der Waals surface area contributed by atoms with Crippen LogP contribution in [0, 0.1) is 0 Å². The first-order chi connectivity index (χ1) is 7.80. The van der Waals surface area contributed by atoms with E-state index in [2.05, 4.69) is 5.32 Å². The van der Waals surface area contributed by atoms with Crippen LogP contribution in [0.5, 0.6) is 0 Å². The summed E-state index contributed by atoms with van der Waals surface area (Å²) in [5, 5.41) is 16.5. The Morgan fingerprint density at radius 2 is 2.06 bits per heavy atom. The van der Waals surface area contributed by atoms with Crippen molar-refractivity contribution in [3.05, 3.63) is 24.3 Å². The number of carboxylic acids is 1. The number of primary sulfonamides is 1. The van der Waals surface area contributed by atoms with E-state index in [1.807, 2.05) is 0 Å². The largest absolute Gasteiger partial charge is 0.481 e. The maximum Gasteiger partial charge on any atom is 0.305 e. The molecule has 0 aromatic heterocycles. The summed E-state index contributed by atoms with van der Waals surface area (Å²) in [5.74, 6) is -0.960. The zero-order chi connectivity index (χ0) is 13.1. The molecule has 6 nitrogen and oxygen atoms in total. The molecule has 1 aromatic carbocycles. The molecule has 1 aromatic rings. The van der Waals surface area contributed by atoms with Gasteiger partial charge in [0.2, 0.25) is 10.0 Å². The van der Waals surface area contributed by atoms with Gasteiger partial charge in [-0.25, -0.2) is 13.6 Å². The van der Waals surface area contributed by atoms with Gasteiger partial charge in [0, 0.05) is 6.04 Å². The Balaban J connectivity index is 2.96. The van der Waals surface area contributed by atoms with E-state index in [-0.39, 0.29) is 11.3 Å². The molecule has 4 N–H and O–H groups in total. The monoisotopic (exact) mass is 258 g/mol. The highest BCUT2D eigenvalue weighted by Crippen LogP contribution is 2.20. The van der Waals surface area contributed by atoms with Gasteiger partial charge in [0.25, 0.3) is 0 Å². The van der Waals surface area contributed by atoms with Crippen molar-refractivity contribution in [1.82, 2.24) is 0 Å². The van der Waals surface area contributed by atoms with E-state index in [9.17, 15) is 13.2 Å². The molecule has 0 spiro atoms. The van der Waals surface area contributed by atoms with Crippen molar-refractivity contribution in [3.63, 3.8) is 0 Å². The minimum Gasteiger partial charge on any atom is -0.481 e. The predicted molar refractivity (Wildman–Crippen MR) is 63.2 cm³/mol. The zero-order valence-corrected chi connectivity index (χ0v) is 10.1. The average molecular weight is 258 g/mol. The molecular formula is C10H14N2O4S. The Morgan fingerprint density at radius 3 is 2.59 bits per heavy atom. The van der Waals surface area contributed by atoms with Crippen molar-refractivity contribution in [1.29, 1.82) is 0 Å². The molecule has 0 heterocycles. The van der Waals surface area contributed by atoms with Crippen molar-refractivity contribution in [3.8, 4) is 0 Å². The van der Waals surface area contributed by atoms with Crippen LogP contribution in [0.3, 0.4) is 0 Å². The molecule has 0 amide bonds. The molecule has 0 bridgehead atoms. The first-order valence-electron chi connectivity index (χ1n) is 4.91. The van der Waals surface area contributed by atoms with E-state index in [0.29, 0.717) is 5.69 Å². The fourth-order valence-electron chi connectivity index (χ4n) is 1.41. The lowest BCUT2D eigenvalue weighted by Gasteiger charge is -2.15. The summed E-state index contributed by atoms with van der Waals surface area (Å²) < 4.78 is 22.6. The Labute approximate surface area is 99.5 Å². The molecule has 1 rings (SSSR count). The molecule has 0 radical (unpaired) electrons. The highest BCUT2D eigenvalue weighted by atomic mass is 32.2. The number of para-hydroxylation sites is 1. The fraction of sp³-hybridized carbons (Fsp3) is 0.300. The van der Waals surface area contributed by atoms with Crippen LogP contribution in [0.4, 0.5) is 5.69 Å². The van der Waals surface area contributed by atoms with Crippen LogP contribution >= 0.6 is 0 Å². The van der Waals surface area contributed by atoms with Gasteiger partial charge in [-0.3, -0.25) is 4.79 Å². The smallest absolute Gasteiger partial charge is 0.305 e. The maximum atomic E-state index is 11.3. The van der Waals surface area contributed by atoms with E-state index >= 15 is 0 Å². The number of carboxylic acid groups (broad SMARTS) is 1. The van der Waals surface area contributed by atoms with Gasteiger partial charge in [-0.05, 0) is 19.1 Å². The number of sulfonamides is 1. The lowest BCUT2D eigenvalue weighted by molar-refractivity contribution is -0.137. The first kappa shape index (κ1) is 13.5. The van der Waals surface area contributed by atoms with Crippen molar-refractivity contribution >= 4 is 21.7 Å². The third-order valence-corrected chi connectivity index (χ3v) is 3.05. The molecular weight excluding hydrogens is 244 g/mol. The summed E-state index contributed by atoms with van der Waals surface area (Å²) in [6, 6.07) is 5.70. The van der Waals surface area contributed by atoms with Crippen LogP contribution in [-0.2, 0) is 14.8 Å². The number of carbonyl (C=O) groups is 1. The number of hydrogen-bond donors (Lipinski definition) is 3. The second kappa shape index (κ2) is 5.15. The number of benzene rings is 1. The number of hydrogen-bond acceptors (Lipinski definition) is 4. The highest BCUT2D eigenvalue weighted by molar-refractivity contribution is 7.89. The highest BCUT2D eigenvalue weighted by Gasteiger charge is 2.15. The van der Waals surface area contributed by atoms with Crippen LogP contribution in [0.1, 0.15) is 13.3 Å². The summed E-state index contributed by atoms with van der Waals surface area (Å²) in [4.78, 5) is 10.5. The Morgan fingerprint density at radius 1 is 1.47 bits per heavy atom.